The molecular weight excluding hydrogens is 327 g/mol. The Bertz CT molecular complexity index is 656. The molecule has 2 aromatic carbocycles. The molecule has 0 aliphatic carbocycles. The Hall–Kier alpha value is -1.37. The first-order chi connectivity index (χ1) is 12.4. The van der Waals surface area contributed by atoms with E-state index in [-0.39, 0.29) is 0 Å². The molecule has 1 atom stereocenters. The van der Waals surface area contributed by atoms with E-state index in [4.69, 9.17) is 9.05 Å². The van der Waals surface area contributed by atoms with Crippen molar-refractivity contribution < 1.29 is 9.05 Å². The zero-order valence-corrected chi connectivity index (χ0v) is 16.1. The number of unbranched alkanes of at least 4 members (excludes halogenated alkanes) is 7. The van der Waals surface area contributed by atoms with Crippen molar-refractivity contribution in [1.82, 2.24) is 0 Å². The minimum atomic E-state index is -1.01. The average Bonchev–Trinajstić information content (AvgIpc) is 2.66. The van der Waals surface area contributed by atoms with E-state index in [1.807, 2.05) is 12.1 Å². The first-order valence-electron chi connectivity index (χ1n) is 9.69. The normalized spacial score (nSPS) is 15.3. The summed E-state index contributed by atoms with van der Waals surface area (Å²) in [4.78, 5) is 0. The van der Waals surface area contributed by atoms with Crippen LogP contribution in [0.3, 0.4) is 0 Å². The Morgan fingerprint density at radius 3 is 2.20 bits per heavy atom. The molecule has 0 bridgehead atoms. The second kappa shape index (κ2) is 9.94. The average molecular weight is 356 g/mol. The second-order valence-electron chi connectivity index (χ2n) is 6.67. The first-order valence-corrected chi connectivity index (χ1v) is 10.9. The molecular formula is C22H29O2P. The minimum absolute atomic E-state index is 0.789. The first kappa shape index (κ1) is 18.4. The molecule has 3 heteroatoms. The molecule has 2 aromatic rings. The van der Waals surface area contributed by atoms with Crippen LogP contribution in [0.5, 0.6) is 5.75 Å². The van der Waals surface area contributed by atoms with Crippen molar-refractivity contribution in [1.29, 1.82) is 0 Å². The maximum Gasteiger partial charge on any atom is 0.265 e. The van der Waals surface area contributed by atoms with Crippen LogP contribution in [0.4, 0.5) is 0 Å². The third-order valence-electron chi connectivity index (χ3n) is 4.67. The summed E-state index contributed by atoms with van der Waals surface area (Å²) in [5.41, 5.74) is 2.43. The molecule has 0 N–H and O–H groups in total. The monoisotopic (exact) mass is 356 g/mol. The second-order valence-corrected chi connectivity index (χ2v) is 8.11. The highest BCUT2D eigenvalue weighted by molar-refractivity contribution is 7.56. The third kappa shape index (κ3) is 5.06. The van der Waals surface area contributed by atoms with Crippen molar-refractivity contribution in [3.63, 3.8) is 0 Å². The summed E-state index contributed by atoms with van der Waals surface area (Å²) < 4.78 is 12.3. The van der Waals surface area contributed by atoms with Gasteiger partial charge in [0.1, 0.15) is 5.75 Å². The molecule has 2 nitrogen and oxygen atoms in total. The molecule has 0 saturated heterocycles. The van der Waals surface area contributed by atoms with Gasteiger partial charge in [-0.15, -0.1) is 0 Å². The molecule has 1 aliphatic heterocycles. The maximum atomic E-state index is 6.17. The fourth-order valence-corrected chi connectivity index (χ4v) is 4.77. The highest BCUT2D eigenvalue weighted by Crippen LogP contribution is 2.49. The van der Waals surface area contributed by atoms with Crippen LogP contribution >= 0.6 is 8.38 Å². The van der Waals surface area contributed by atoms with Gasteiger partial charge in [0.05, 0.1) is 11.9 Å². The van der Waals surface area contributed by atoms with Crippen LogP contribution in [0.2, 0.25) is 0 Å². The van der Waals surface area contributed by atoms with Crippen LogP contribution in [0.15, 0.2) is 48.5 Å². The van der Waals surface area contributed by atoms with Gasteiger partial charge in [-0.1, -0.05) is 88.3 Å². The Balaban J connectivity index is 1.46. The highest BCUT2D eigenvalue weighted by atomic mass is 31.2. The van der Waals surface area contributed by atoms with E-state index in [1.54, 1.807) is 0 Å². The molecule has 1 heterocycles. The summed E-state index contributed by atoms with van der Waals surface area (Å²) in [7, 11) is -1.01. The van der Waals surface area contributed by atoms with Gasteiger partial charge in [0.15, 0.2) is 0 Å². The molecule has 134 valence electrons. The largest absolute Gasteiger partial charge is 0.443 e. The van der Waals surface area contributed by atoms with Crippen molar-refractivity contribution in [2.24, 2.45) is 0 Å². The highest BCUT2D eigenvalue weighted by Gasteiger charge is 2.27. The summed E-state index contributed by atoms with van der Waals surface area (Å²) in [6.45, 7) is 3.06. The number of fused-ring (bicyclic) bond motifs is 3. The number of rotatable bonds is 10. The Kier molecular flexibility index (Phi) is 7.33. The van der Waals surface area contributed by atoms with Crippen molar-refractivity contribution >= 4 is 13.7 Å². The zero-order chi connectivity index (χ0) is 17.3. The molecule has 3 rings (SSSR count). The SMILES string of the molecule is CCCCCCCCCCOP1Oc2ccccc2-c2ccccc21. The van der Waals surface area contributed by atoms with Crippen molar-refractivity contribution in [2.45, 2.75) is 58.3 Å². The summed E-state index contributed by atoms with van der Waals surface area (Å²) in [6.07, 6.45) is 10.5. The van der Waals surface area contributed by atoms with E-state index >= 15 is 0 Å². The van der Waals surface area contributed by atoms with Gasteiger partial charge < -0.3 is 9.05 Å². The fourth-order valence-electron chi connectivity index (χ4n) is 3.25. The van der Waals surface area contributed by atoms with Crippen molar-refractivity contribution in [3.05, 3.63) is 48.5 Å². The summed E-state index contributed by atoms with van der Waals surface area (Å²) in [5, 5.41) is 1.20. The Morgan fingerprint density at radius 2 is 1.40 bits per heavy atom. The lowest BCUT2D eigenvalue weighted by Crippen LogP contribution is -2.16. The van der Waals surface area contributed by atoms with Gasteiger partial charge in [-0.3, -0.25) is 0 Å². The predicted molar refractivity (Wildman–Crippen MR) is 108 cm³/mol. The van der Waals surface area contributed by atoms with Crippen molar-refractivity contribution in [3.8, 4) is 16.9 Å². The summed E-state index contributed by atoms with van der Waals surface area (Å²) >= 11 is 0. The number of hydrogen-bond acceptors (Lipinski definition) is 2. The van der Waals surface area contributed by atoms with Crippen LogP contribution in [-0.4, -0.2) is 6.61 Å². The van der Waals surface area contributed by atoms with Crippen LogP contribution < -0.4 is 9.83 Å². The molecule has 0 spiro atoms. The lowest BCUT2D eigenvalue weighted by molar-refractivity contribution is 0.307. The third-order valence-corrected chi connectivity index (χ3v) is 6.23. The van der Waals surface area contributed by atoms with Crippen LogP contribution in [0, 0.1) is 0 Å². The number of benzene rings is 2. The smallest absolute Gasteiger partial charge is 0.265 e. The molecule has 0 fully saturated rings. The Morgan fingerprint density at radius 1 is 0.760 bits per heavy atom. The lowest BCUT2D eigenvalue weighted by Gasteiger charge is -2.27. The van der Waals surface area contributed by atoms with E-state index < -0.39 is 8.38 Å². The van der Waals surface area contributed by atoms with Gasteiger partial charge in [-0.2, -0.15) is 0 Å². The van der Waals surface area contributed by atoms with Gasteiger partial charge in [0.25, 0.3) is 8.38 Å². The van der Waals surface area contributed by atoms with Gasteiger partial charge in [-0.05, 0) is 24.1 Å². The zero-order valence-electron chi connectivity index (χ0n) is 15.2. The summed E-state index contributed by atoms with van der Waals surface area (Å²) in [5.74, 6) is 0.947. The fraction of sp³-hybridized carbons (Fsp3) is 0.455. The molecule has 25 heavy (non-hydrogen) atoms. The van der Waals surface area contributed by atoms with E-state index in [1.165, 1.54) is 61.4 Å². The quantitative estimate of drug-likeness (QED) is 0.343. The molecule has 0 aromatic heterocycles. The van der Waals surface area contributed by atoms with Gasteiger partial charge in [-0.25, -0.2) is 0 Å². The molecule has 1 unspecified atom stereocenters. The maximum absolute atomic E-state index is 6.17. The molecule has 0 amide bonds. The van der Waals surface area contributed by atoms with E-state index in [2.05, 4.69) is 43.3 Å². The molecule has 0 saturated carbocycles. The van der Waals surface area contributed by atoms with Crippen LogP contribution in [0.25, 0.3) is 11.1 Å². The predicted octanol–water partition coefficient (Wildman–Crippen LogP) is 6.84. The van der Waals surface area contributed by atoms with Gasteiger partial charge in [0.2, 0.25) is 0 Å². The standard InChI is InChI=1S/C22H29O2P/c1-2-3-4-5-6-7-8-13-18-23-25-22-17-12-10-15-20(22)19-14-9-11-16-21(19)24-25/h9-12,14-17H,2-8,13,18H2,1H3. The minimum Gasteiger partial charge on any atom is -0.443 e. The van der Waals surface area contributed by atoms with Gasteiger partial charge >= 0.3 is 0 Å². The van der Waals surface area contributed by atoms with E-state index in [0.717, 1.165) is 18.8 Å². The Labute approximate surface area is 153 Å². The van der Waals surface area contributed by atoms with Gasteiger partial charge in [0, 0.05) is 5.56 Å². The number of para-hydroxylation sites is 1. The molecule has 0 radical (unpaired) electrons. The van der Waals surface area contributed by atoms with Crippen LogP contribution in [-0.2, 0) is 4.52 Å². The van der Waals surface area contributed by atoms with E-state index in [0.29, 0.717) is 0 Å². The van der Waals surface area contributed by atoms with Crippen LogP contribution in [0.1, 0.15) is 58.3 Å². The number of hydrogen-bond donors (Lipinski definition) is 0. The summed E-state index contributed by atoms with van der Waals surface area (Å²) in [6, 6.07) is 16.7. The molecule has 1 aliphatic rings. The van der Waals surface area contributed by atoms with E-state index in [9.17, 15) is 0 Å². The van der Waals surface area contributed by atoms with Crippen molar-refractivity contribution in [2.75, 3.05) is 6.61 Å². The lowest BCUT2D eigenvalue weighted by atomic mass is 10.0. The topological polar surface area (TPSA) is 18.5 Å².